The molecular formula is C15H17ClN2O2. The Balaban J connectivity index is 2.40. The fourth-order valence-corrected chi connectivity index (χ4v) is 2.17. The number of nitrogens with one attached hydrogen (secondary N) is 1. The summed E-state index contributed by atoms with van der Waals surface area (Å²) < 4.78 is 10.5. The lowest BCUT2D eigenvalue weighted by Gasteiger charge is -2.15. The third kappa shape index (κ3) is 2.91. The van der Waals surface area contributed by atoms with E-state index in [9.17, 15) is 0 Å². The number of ether oxygens (including phenoxy) is 2. The zero-order valence-corrected chi connectivity index (χ0v) is 12.4. The lowest BCUT2D eigenvalue weighted by atomic mass is 10.1. The first kappa shape index (κ1) is 14.3. The molecular weight excluding hydrogens is 276 g/mol. The van der Waals surface area contributed by atoms with Crippen LogP contribution >= 0.6 is 11.6 Å². The van der Waals surface area contributed by atoms with E-state index >= 15 is 0 Å². The predicted molar refractivity (Wildman–Crippen MR) is 83.4 cm³/mol. The number of benzene rings is 2. The Labute approximate surface area is 123 Å². The standard InChI is InChI=1S/C15H17ClN2O2/c1-9-6-10(17)4-5-12(9)18-13-7-11(16)14(19-2)8-15(13)20-3/h4-8,18H,17H2,1-3H3. The van der Waals surface area contributed by atoms with Gasteiger partial charge >= 0.3 is 0 Å². The van der Waals surface area contributed by atoms with Gasteiger partial charge in [0.15, 0.2) is 0 Å². The highest BCUT2D eigenvalue weighted by Crippen LogP contribution is 2.37. The summed E-state index contributed by atoms with van der Waals surface area (Å²) in [7, 11) is 3.17. The zero-order chi connectivity index (χ0) is 14.7. The first-order valence-electron chi connectivity index (χ1n) is 6.10. The smallest absolute Gasteiger partial charge is 0.146 e. The van der Waals surface area contributed by atoms with Crippen molar-refractivity contribution in [2.45, 2.75) is 6.92 Å². The molecule has 0 fully saturated rings. The number of nitrogens with two attached hydrogens (primary N) is 1. The van der Waals surface area contributed by atoms with E-state index < -0.39 is 0 Å². The molecule has 0 heterocycles. The highest BCUT2D eigenvalue weighted by Gasteiger charge is 2.11. The predicted octanol–water partition coefficient (Wildman–Crippen LogP) is 3.99. The van der Waals surface area contributed by atoms with E-state index in [1.165, 1.54) is 0 Å². The van der Waals surface area contributed by atoms with Crippen LogP contribution in [-0.2, 0) is 0 Å². The Morgan fingerprint density at radius 3 is 2.30 bits per heavy atom. The maximum atomic E-state index is 6.15. The lowest BCUT2D eigenvalue weighted by Crippen LogP contribution is -1.98. The van der Waals surface area contributed by atoms with Gasteiger partial charge in [0.25, 0.3) is 0 Å². The van der Waals surface area contributed by atoms with E-state index in [2.05, 4.69) is 5.32 Å². The molecule has 0 atom stereocenters. The van der Waals surface area contributed by atoms with Crippen LogP contribution in [0.3, 0.4) is 0 Å². The van der Waals surface area contributed by atoms with Crippen molar-refractivity contribution < 1.29 is 9.47 Å². The Bertz CT molecular complexity index is 630. The number of hydrogen-bond acceptors (Lipinski definition) is 4. The van der Waals surface area contributed by atoms with E-state index in [4.69, 9.17) is 26.8 Å². The molecule has 0 spiro atoms. The molecule has 4 nitrogen and oxygen atoms in total. The van der Waals surface area contributed by atoms with Gasteiger partial charge in [0, 0.05) is 17.4 Å². The number of anilines is 3. The highest BCUT2D eigenvalue weighted by molar-refractivity contribution is 6.32. The molecule has 3 N–H and O–H groups in total. The minimum atomic E-state index is 0.517. The van der Waals surface area contributed by atoms with Crippen molar-refractivity contribution in [3.8, 4) is 11.5 Å². The minimum Gasteiger partial charge on any atom is -0.495 e. The Hall–Kier alpha value is -2.07. The van der Waals surface area contributed by atoms with Crippen LogP contribution in [0.15, 0.2) is 30.3 Å². The van der Waals surface area contributed by atoms with Crippen molar-refractivity contribution in [3.05, 3.63) is 40.9 Å². The molecule has 5 heteroatoms. The molecule has 0 aliphatic heterocycles. The van der Waals surface area contributed by atoms with Crippen LogP contribution in [0.2, 0.25) is 5.02 Å². The van der Waals surface area contributed by atoms with Crippen molar-refractivity contribution in [3.63, 3.8) is 0 Å². The Morgan fingerprint density at radius 2 is 1.70 bits per heavy atom. The fourth-order valence-electron chi connectivity index (χ4n) is 1.93. The molecule has 2 rings (SSSR count). The van der Waals surface area contributed by atoms with Crippen LogP contribution < -0.4 is 20.5 Å². The summed E-state index contributed by atoms with van der Waals surface area (Å²) in [5.41, 5.74) is 9.23. The first-order chi connectivity index (χ1) is 9.55. The summed E-state index contributed by atoms with van der Waals surface area (Å²) >= 11 is 6.15. The number of methoxy groups -OCH3 is 2. The minimum absolute atomic E-state index is 0.517. The number of hydrogen-bond donors (Lipinski definition) is 2. The summed E-state index contributed by atoms with van der Waals surface area (Å²) in [6.45, 7) is 1.98. The molecule has 0 saturated heterocycles. The summed E-state index contributed by atoms with van der Waals surface area (Å²) in [4.78, 5) is 0. The van der Waals surface area contributed by atoms with Crippen molar-refractivity contribution in [1.82, 2.24) is 0 Å². The largest absolute Gasteiger partial charge is 0.495 e. The fraction of sp³-hybridized carbons (Fsp3) is 0.200. The van der Waals surface area contributed by atoms with Gasteiger partial charge in [-0.3, -0.25) is 0 Å². The van der Waals surface area contributed by atoms with Crippen LogP contribution in [0.4, 0.5) is 17.1 Å². The molecule has 20 heavy (non-hydrogen) atoms. The van der Waals surface area contributed by atoms with Crippen LogP contribution in [-0.4, -0.2) is 14.2 Å². The van der Waals surface area contributed by atoms with Gasteiger partial charge in [0.2, 0.25) is 0 Å². The van der Waals surface area contributed by atoms with Gasteiger partial charge in [-0.25, -0.2) is 0 Å². The van der Waals surface area contributed by atoms with Crippen LogP contribution in [0.25, 0.3) is 0 Å². The second kappa shape index (κ2) is 5.92. The van der Waals surface area contributed by atoms with Crippen molar-refractivity contribution in [1.29, 1.82) is 0 Å². The van der Waals surface area contributed by atoms with E-state index in [-0.39, 0.29) is 0 Å². The first-order valence-corrected chi connectivity index (χ1v) is 6.47. The maximum absolute atomic E-state index is 6.15. The summed E-state index contributed by atoms with van der Waals surface area (Å²) in [6.07, 6.45) is 0. The highest BCUT2D eigenvalue weighted by atomic mass is 35.5. The quantitative estimate of drug-likeness (QED) is 0.837. The number of nitrogen functional groups attached to an aromatic ring is 1. The van der Waals surface area contributed by atoms with Crippen LogP contribution in [0, 0.1) is 6.92 Å². The summed E-state index contributed by atoms with van der Waals surface area (Å²) in [6, 6.07) is 9.18. The van der Waals surface area contributed by atoms with Crippen molar-refractivity contribution in [2.75, 3.05) is 25.3 Å². The average Bonchev–Trinajstić information content (AvgIpc) is 2.42. The molecule has 2 aromatic carbocycles. The molecule has 0 unspecified atom stereocenters. The van der Waals surface area contributed by atoms with Crippen LogP contribution in [0.5, 0.6) is 11.5 Å². The van der Waals surface area contributed by atoms with Gasteiger partial charge in [-0.2, -0.15) is 0 Å². The lowest BCUT2D eigenvalue weighted by molar-refractivity contribution is 0.396. The molecule has 0 aliphatic carbocycles. The van der Waals surface area contributed by atoms with Crippen LogP contribution in [0.1, 0.15) is 5.56 Å². The second-order valence-corrected chi connectivity index (χ2v) is 4.79. The number of rotatable bonds is 4. The van der Waals surface area contributed by atoms with Crippen molar-refractivity contribution in [2.24, 2.45) is 0 Å². The van der Waals surface area contributed by atoms with E-state index in [1.807, 2.05) is 25.1 Å². The average molecular weight is 293 g/mol. The molecule has 0 aromatic heterocycles. The SMILES string of the molecule is COc1cc(OC)c(Nc2ccc(N)cc2C)cc1Cl. The normalized spacial score (nSPS) is 10.2. The molecule has 0 bridgehead atoms. The van der Waals surface area contributed by atoms with Gasteiger partial charge in [-0.1, -0.05) is 11.6 Å². The van der Waals surface area contributed by atoms with E-state index in [0.29, 0.717) is 16.5 Å². The van der Waals surface area contributed by atoms with Gasteiger partial charge in [0.05, 0.1) is 24.9 Å². The van der Waals surface area contributed by atoms with Crippen molar-refractivity contribution >= 4 is 28.7 Å². The zero-order valence-electron chi connectivity index (χ0n) is 11.7. The van der Waals surface area contributed by atoms with E-state index in [1.54, 1.807) is 26.4 Å². The Morgan fingerprint density at radius 1 is 1.00 bits per heavy atom. The molecule has 0 aliphatic rings. The van der Waals surface area contributed by atoms with Gasteiger partial charge in [-0.05, 0) is 36.8 Å². The van der Waals surface area contributed by atoms with Gasteiger partial charge in [-0.15, -0.1) is 0 Å². The molecule has 0 radical (unpaired) electrons. The topological polar surface area (TPSA) is 56.5 Å². The second-order valence-electron chi connectivity index (χ2n) is 4.39. The molecule has 106 valence electrons. The van der Waals surface area contributed by atoms with Gasteiger partial charge in [0.1, 0.15) is 11.5 Å². The Kier molecular flexibility index (Phi) is 4.25. The summed E-state index contributed by atoms with van der Waals surface area (Å²) in [5, 5.41) is 3.81. The molecule has 2 aromatic rings. The maximum Gasteiger partial charge on any atom is 0.146 e. The number of halogens is 1. The van der Waals surface area contributed by atoms with E-state index in [0.717, 1.165) is 22.6 Å². The molecule has 0 saturated carbocycles. The third-order valence-corrected chi connectivity index (χ3v) is 3.29. The van der Waals surface area contributed by atoms with Gasteiger partial charge < -0.3 is 20.5 Å². The monoisotopic (exact) mass is 292 g/mol. The molecule has 0 amide bonds. The summed E-state index contributed by atoms with van der Waals surface area (Å²) in [5.74, 6) is 1.23. The third-order valence-electron chi connectivity index (χ3n) is 2.99. The number of aryl methyl sites for hydroxylation is 1.